The van der Waals surface area contributed by atoms with Gasteiger partial charge in [0.2, 0.25) is 5.91 Å². The lowest BCUT2D eigenvalue weighted by molar-refractivity contribution is -0.131. The molecule has 0 aromatic carbocycles. The molecule has 1 unspecified atom stereocenters. The molecule has 2 heterocycles. The van der Waals surface area contributed by atoms with Gasteiger partial charge in [-0.05, 0) is 12.8 Å². The number of hydrogen-bond acceptors (Lipinski definition) is 5. The number of amides is 1. The minimum atomic E-state index is -0.0307. The highest BCUT2D eigenvalue weighted by atomic mass is 16.5. The maximum Gasteiger partial charge on any atom is 0.252 e. The van der Waals surface area contributed by atoms with Gasteiger partial charge in [0.1, 0.15) is 6.61 Å². The molecule has 1 aromatic rings. The van der Waals surface area contributed by atoms with E-state index in [0.717, 1.165) is 19.4 Å². The normalized spacial score (nSPS) is 19.9. The van der Waals surface area contributed by atoms with E-state index in [0.29, 0.717) is 24.7 Å². The summed E-state index contributed by atoms with van der Waals surface area (Å²) in [5.74, 6) is 1.19. The van der Waals surface area contributed by atoms with E-state index in [4.69, 9.17) is 9.26 Å². The number of likely N-dealkylation sites (tertiary alicyclic amines) is 1. The summed E-state index contributed by atoms with van der Waals surface area (Å²) in [6, 6.07) is -0.0307. The number of nitrogens with zero attached hydrogens (tertiary/aromatic N) is 3. The fourth-order valence-electron chi connectivity index (χ4n) is 2.12. The largest absolute Gasteiger partial charge is 0.375 e. The Labute approximate surface area is 99.9 Å². The molecule has 6 heteroatoms. The monoisotopic (exact) mass is 239 g/mol. The summed E-state index contributed by atoms with van der Waals surface area (Å²) < 4.78 is 9.98. The van der Waals surface area contributed by atoms with Crippen molar-refractivity contribution in [1.29, 1.82) is 0 Å². The van der Waals surface area contributed by atoms with Crippen LogP contribution in [0.5, 0.6) is 0 Å². The second kappa shape index (κ2) is 5.27. The molecule has 1 aliphatic heterocycles. The molecule has 2 rings (SSSR count). The summed E-state index contributed by atoms with van der Waals surface area (Å²) in [6.45, 7) is 2.96. The SMILES string of the molecule is CCC(=O)N1CCCC1c1noc(COC)n1. The zero-order valence-electron chi connectivity index (χ0n) is 10.2. The van der Waals surface area contributed by atoms with Crippen molar-refractivity contribution < 1.29 is 14.1 Å². The van der Waals surface area contributed by atoms with E-state index in [9.17, 15) is 4.79 Å². The Morgan fingerprint density at radius 1 is 1.65 bits per heavy atom. The van der Waals surface area contributed by atoms with Crippen LogP contribution in [0.4, 0.5) is 0 Å². The van der Waals surface area contributed by atoms with Crippen LogP contribution in [0.2, 0.25) is 0 Å². The Bertz CT molecular complexity index is 391. The van der Waals surface area contributed by atoms with Crippen molar-refractivity contribution in [2.45, 2.75) is 38.8 Å². The quantitative estimate of drug-likeness (QED) is 0.792. The molecule has 1 amide bonds. The van der Waals surface area contributed by atoms with Crippen molar-refractivity contribution in [2.24, 2.45) is 0 Å². The summed E-state index contributed by atoms with van der Waals surface area (Å²) in [4.78, 5) is 17.8. The second-order valence-corrected chi connectivity index (χ2v) is 4.08. The van der Waals surface area contributed by atoms with Crippen LogP contribution in [0.25, 0.3) is 0 Å². The zero-order chi connectivity index (χ0) is 12.3. The lowest BCUT2D eigenvalue weighted by Gasteiger charge is -2.21. The molecule has 17 heavy (non-hydrogen) atoms. The fraction of sp³-hybridized carbons (Fsp3) is 0.727. The Morgan fingerprint density at radius 2 is 2.47 bits per heavy atom. The van der Waals surface area contributed by atoms with Crippen molar-refractivity contribution >= 4 is 5.91 Å². The Kier molecular flexibility index (Phi) is 3.73. The van der Waals surface area contributed by atoms with Crippen molar-refractivity contribution in [2.75, 3.05) is 13.7 Å². The molecular formula is C11H17N3O3. The molecular weight excluding hydrogens is 222 g/mol. The van der Waals surface area contributed by atoms with Crippen LogP contribution in [-0.2, 0) is 16.1 Å². The molecule has 1 fully saturated rings. The molecule has 0 N–H and O–H groups in total. The molecule has 0 bridgehead atoms. The minimum Gasteiger partial charge on any atom is -0.375 e. The van der Waals surface area contributed by atoms with E-state index in [1.807, 2.05) is 11.8 Å². The number of rotatable bonds is 4. The third-order valence-electron chi connectivity index (χ3n) is 2.93. The summed E-state index contributed by atoms with van der Waals surface area (Å²) in [7, 11) is 1.58. The van der Waals surface area contributed by atoms with Gasteiger partial charge >= 0.3 is 0 Å². The van der Waals surface area contributed by atoms with E-state index in [1.165, 1.54) is 0 Å². The van der Waals surface area contributed by atoms with Gasteiger partial charge in [-0.25, -0.2) is 0 Å². The highest BCUT2D eigenvalue weighted by Crippen LogP contribution is 2.30. The number of ether oxygens (including phenoxy) is 1. The van der Waals surface area contributed by atoms with Gasteiger partial charge in [0.05, 0.1) is 6.04 Å². The first kappa shape index (κ1) is 12.0. The van der Waals surface area contributed by atoms with Gasteiger partial charge in [-0.2, -0.15) is 4.98 Å². The first-order valence-corrected chi connectivity index (χ1v) is 5.87. The number of carbonyl (C=O) groups is 1. The molecule has 1 aliphatic rings. The van der Waals surface area contributed by atoms with E-state index < -0.39 is 0 Å². The third-order valence-corrected chi connectivity index (χ3v) is 2.93. The summed E-state index contributed by atoms with van der Waals surface area (Å²) >= 11 is 0. The summed E-state index contributed by atoms with van der Waals surface area (Å²) in [6.07, 6.45) is 2.40. The molecule has 94 valence electrons. The van der Waals surface area contributed by atoms with Gasteiger partial charge < -0.3 is 14.2 Å². The summed E-state index contributed by atoms with van der Waals surface area (Å²) in [5, 5.41) is 3.92. The van der Waals surface area contributed by atoms with E-state index in [-0.39, 0.29) is 11.9 Å². The number of hydrogen-bond donors (Lipinski definition) is 0. The van der Waals surface area contributed by atoms with Gasteiger partial charge in [-0.1, -0.05) is 12.1 Å². The first-order valence-electron chi connectivity index (χ1n) is 5.87. The van der Waals surface area contributed by atoms with Crippen molar-refractivity contribution in [3.05, 3.63) is 11.7 Å². The predicted molar refractivity (Wildman–Crippen MR) is 59.0 cm³/mol. The van der Waals surface area contributed by atoms with E-state index in [2.05, 4.69) is 10.1 Å². The highest BCUT2D eigenvalue weighted by Gasteiger charge is 2.32. The number of carbonyl (C=O) groups excluding carboxylic acids is 1. The molecule has 1 saturated heterocycles. The van der Waals surface area contributed by atoms with Crippen LogP contribution in [0.15, 0.2) is 4.52 Å². The van der Waals surface area contributed by atoms with E-state index >= 15 is 0 Å². The van der Waals surface area contributed by atoms with Gasteiger partial charge in [-0.3, -0.25) is 4.79 Å². The van der Waals surface area contributed by atoms with Crippen molar-refractivity contribution in [3.8, 4) is 0 Å². The topological polar surface area (TPSA) is 68.5 Å². The highest BCUT2D eigenvalue weighted by molar-refractivity contribution is 5.76. The van der Waals surface area contributed by atoms with Crippen LogP contribution < -0.4 is 0 Å². The maximum atomic E-state index is 11.7. The Hall–Kier alpha value is -1.43. The Morgan fingerprint density at radius 3 is 3.18 bits per heavy atom. The maximum absolute atomic E-state index is 11.7. The molecule has 0 spiro atoms. The van der Waals surface area contributed by atoms with Gasteiger partial charge in [0.15, 0.2) is 5.82 Å². The molecule has 1 atom stereocenters. The molecule has 0 aliphatic carbocycles. The Balaban J connectivity index is 2.11. The van der Waals surface area contributed by atoms with Crippen LogP contribution in [0.1, 0.15) is 43.9 Å². The van der Waals surface area contributed by atoms with E-state index in [1.54, 1.807) is 7.11 Å². The van der Waals surface area contributed by atoms with Crippen LogP contribution >= 0.6 is 0 Å². The van der Waals surface area contributed by atoms with Gasteiger partial charge in [0.25, 0.3) is 5.89 Å². The molecule has 0 radical (unpaired) electrons. The van der Waals surface area contributed by atoms with Crippen LogP contribution in [0.3, 0.4) is 0 Å². The lowest BCUT2D eigenvalue weighted by Crippen LogP contribution is -2.30. The summed E-state index contributed by atoms with van der Waals surface area (Å²) in [5.41, 5.74) is 0. The third kappa shape index (κ3) is 2.46. The average Bonchev–Trinajstić information content (AvgIpc) is 2.95. The van der Waals surface area contributed by atoms with Crippen LogP contribution in [0, 0.1) is 0 Å². The molecule has 1 aromatic heterocycles. The van der Waals surface area contributed by atoms with Gasteiger partial charge in [-0.15, -0.1) is 0 Å². The van der Waals surface area contributed by atoms with Gasteiger partial charge in [0, 0.05) is 20.1 Å². The zero-order valence-corrected chi connectivity index (χ0v) is 10.2. The standard InChI is InChI=1S/C11H17N3O3/c1-3-10(15)14-6-4-5-8(14)11-12-9(7-16-2)17-13-11/h8H,3-7H2,1-2H3. The molecule has 0 saturated carbocycles. The second-order valence-electron chi connectivity index (χ2n) is 4.08. The fourth-order valence-corrected chi connectivity index (χ4v) is 2.12. The van der Waals surface area contributed by atoms with Crippen molar-refractivity contribution in [3.63, 3.8) is 0 Å². The predicted octanol–water partition coefficient (Wildman–Crippen LogP) is 1.29. The van der Waals surface area contributed by atoms with Crippen molar-refractivity contribution in [1.82, 2.24) is 15.0 Å². The average molecular weight is 239 g/mol. The molecule has 6 nitrogen and oxygen atoms in total. The number of aromatic nitrogens is 2. The number of methoxy groups -OCH3 is 1. The minimum absolute atomic E-state index is 0.0307. The van der Waals surface area contributed by atoms with Crippen LogP contribution in [-0.4, -0.2) is 34.6 Å². The smallest absolute Gasteiger partial charge is 0.252 e. The first-order chi connectivity index (χ1) is 8.26. The lowest BCUT2D eigenvalue weighted by atomic mass is 10.2.